The predicted octanol–water partition coefficient (Wildman–Crippen LogP) is 3.74. The summed E-state index contributed by atoms with van der Waals surface area (Å²) in [7, 11) is 0. The fraction of sp³-hybridized carbons (Fsp3) is 0.538. The van der Waals surface area contributed by atoms with Crippen LogP contribution >= 0.6 is 23.4 Å². The number of hydrogen-bond acceptors (Lipinski definition) is 2. The molecule has 1 aromatic carbocycles. The number of hydrogen-bond donors (Lipinski definition) is 1. The first-order chi connectivity index (χ1) is 7.72. The van der Waals surface area contributed by atoms with Crippen molar-refractivity contribution in [3.8, 4) is 0 Å². The molecular weight excluding hydrogens is 238 g/mol. The summed E-state index contributed by atoms with van der Waals surface area (Å²) < 4.78 is 0. The third kappa shape index (κ3) is 5.78. The van der Waals surface area contributed by atoms with Gasteiger partial charge in [-0.15, -0.1) is 0 Å². The van der Waals surface area contributed by atoms with Crippen LogP contribution in [0.25, 0.3) is 0 Å². The first kappa shape index (κ1) is 13.9. The average molecular weight is 258 g/mol. The molecule has 2 N–H and O–H groups in total. The Kier molecular flexibility index (Phi) is 6.93. The van der Waals surface area contributed by atoms with Crippen LogP contribution in [0.2, 0.25) is 5.02 Å². The summed E-state index contributed by atoms with van der Waals surface area (Å²) in [6.45, 7) is 2.19. The molecule has 3 heteroatoms. The molecule has 0 spiro atoms. The van der Waals surface area contributed by atoms with Crippen LogP contribution in [0.3, 0.4) is 0 Å². The second kappa shape index (κ2) is 7.99. The fourth-order valence-corrected chi connectivity index (χ4v) is 2.40. The van der Waals surface area contributed by atoms with Crippen molar-refractivity contribution in [1.82, 2.24) is 0 Å². The van der Waals surface area contributed by atoms with Gasteiger partial charge in [0.2, 0.25) is 0 Å². The predicted molar refractivity (Wildman–Crippen MR) is 75.4 cm³/mol. The van der Waals surface area contributed by atoms with Crippen molar-refractivity contribution in [3.63, 3.8) is 0 Å². The maximum Gasteiger partial charge on any atom is 0.0406 e. The lowest BCUT2D eigenvalue weighted by molar-refractivity contribution is 0.603. The second-order valence-corrected chi connectivity index (χ2v) is 5.76. The SMILES string of the molecule is CCSCCCC(N)Cc1ccc(Cl)cc1. The molecule has 0 aromatic heterocycles. The van der Waals surface area contributed by atoms with E-state index in [9.17, 15) is 0 Å². The summed E-state index contributed by atoms with van der Waals surface area (Å²) >= 11 is 7.82. The van der Waals surface area contributed by atoms with E-state index in [1.165, 1.54) is 23.5 Å². The van der Waals surface area contributed by atoms with Crippen molar-refractivity contribution in [2.24, 2.45) is 5.73 Å². The molecule has 90 valence electrons. The van der Waals surface area contributed by atoms with Crippen LogP contribution in [0.5, 0.6) is 0 Å². The normalized spacial score (nSPS) is 12.7. The maximum absolute atomic E-state index is 6.08. The lowest BCUT2D eigenvalue weighted by Gasteiger charge is -2.11. The summed E-state index contributed by atoms with van der Waals surface area (Å²) in [5.74, 6) is 2.43. The number of thioether (sulfide) groups is 1. The molecule has 0 heterocycles. The van der Waals surface area contributed by atoms with E-state index in [0.29, 0.717) is 0 Å². The Balaban J connectivity index is 2.23. The lowest BCUT2D eigenvalue weighted by Crippen LogP contribution is -2.22. The van der Waals surface area contributed by atoms with Gasteiger partial charge in [0.1, 0.15) is 0 Å². The van der Waals surface area contributed by atoms with E-state index in [1.807, 2.05) is 23.9 Å². The van der Waals surface area contributed by atoms with E-state index in [0.717, 1.165) is 17.9 Å². The summed E-state index contributed by atoms with van der Waals surface area (Å²) in [4.78, 5) is 0. The first-order valence-corrected chi connectivity index (χ1v) is 7.33. The van der Waals surface area contributed by atoms with E-state index < -0.39 is 0 Å². The smallest absolute Gasteiger partial charge is 0.0406 e. The molecule has 0 bridgehead atoms. The minimum Gasteiger partial charge on any atom is -0.327 e. The molecule has 1 aromatic rings. The van der Waals surface area contributed by atoms with E-state index in [-0.39, 0.29) is 6.04 Å². The summed E-state index contributed by atoms with van der Waals surface area (Å²) in [5.41, 5.74) is 7.36. The van der Waals surface area contributed by atoms with Crippen molar-refractivity contribution in [2.75, 3.05) is 11.5 Å². The van der Waals surface area contributed by atoms with Gasteiger partial charge in [-0.05, 0) is 48.5 Å². The Hall–Kier alpha value is -0.180. The molecule has 0 aliphatic heterocycles. The van der Waals surface area contributed by atoms with Crippen LogP contribution in [-0.4, -0.2) is 17.5 Å². The highest BCUT2D eigenvalue weighted by Gasteiger charge is 2.03. The quantitative estimate of drug-likeness (QED) is 0.753. The Labute approximate surface area is 108 Å². The van der Waals surface area contributed by atoms with Crippen LogP contribution < -0.4 is 5.73 Å². The Morgan fingerprint density at radius 1 is 1.31 bits per heavy atom. The van der Waals surface area contributed by atoms with Crippen LogP contribution in [0, 0.1) is 0 Å². The molecular formula is C13H20ClNS. The molecule has 0 saturated carbocycles. The molecule has 0 aliphatic rings. The summed E-state index contributed by atoms with van der Waals surface area (Å²) in [5, 5.41) is 0.789. The number of nitrogens with two attached hydrogens (primary N) is 1. The molecule has 0 aliphatic carbocycles. The minimum atomic E-state index is 0.277. The highest BCUT2D eigenvalue weighted by molar-refractivity contribution is 7.99. The van der Waals surface area contributed by atoms with Gasteiger partial charge in [0.05, 0.1) is 0 Å². The standard InChI is InChI=1S/C13H20ClNS/c1-2-16-9-3-4-13(15)10-11-5-7-12(14)8-6-11/h5-8,13H,2-4,9-10,15H2,1H3. The maximum atomic E-state index is 6.08. The van der Waals surface area contributed by atoms with E-state index >= 15 is 0 Å². The van der Waals surface area contributed by atoms with Gasteiger partial charge < -0.3 is 5.73 Å². The number of benzene rings is 1. The van der Waals surface area contributed by atoms with Gasteiger partial charge in [0.25, 0.3) is 0 Å². The van der Waals surface area contributed by atoms with Crippen molar-refractivity contribution in [2.45, 2.75) is 32.2 Å². The molecule has 16 heavy (non-hydrogen) atoms. The van der Waals surface area contributed by atoms with Gasteiger partial charge in [0, 0.05) is 11.1 Å². The van der Waals surface area contributed by atoms with Crippen LogP contribution in [0.15, 0.2) is 24.3 Å². The largest absolute Gasteiger partial charge is 0.327 e. The molecule has 1 rings (SSSR count). The van der Waals surface area contributed by atoms with Gasteiger partial charge in [0.15, 0.2) is 0 Å². The van der Waals surface area contributed by atoms with E-state index in [4.69, 9.17) is 17.3 Å². The molecule has 1 unspecified atom stereocenters. The zero-order valence-corrected chi connectivity index (χ0v) is 11.4. The van der Waals surface area contributed by atoms with Crippen molar-refractivity contribution in [3.05, 3.63) is 34.9 Å². The van der Waals surface area contributed by atoms with Gasteiger partial charge in [-0.3, -0.25) is 0 Å². The summed E-state index contributed by atoms with van der Waals surface area (Å²) in [6, 6.07) is 8.25. The van der Waals surface area contributed by atoms with E-state index in [1.54, 1.807) is 0 Å². The van der Waals surface area contributed by atoms with Crippen molar-refractivity contribution < 1.29 is 0 Å². The van der Waals surface area contributed by atoms with Gasteiger partial charge >= 0.3 is 0 Å². The molecule has 0 amide bonds. The molecule has 1 nitrogen and oxygen atoms in total. The van der Waals surface area contributed by atoms with Crippen LogP contribution in [-0.2, 0) is 6.42 Å². The third-order valence-electron chi connectivity index (χ3n) is 2.48. The number of rotatable bonds is 7. The van der Waals surface area contributed by atoms with Crippen molar-refractivity contribution in [1.29, 1.82) is 0 Å². The van der Waals surface area contributed by atoms with E-state index in [2.05, 4.69) is 19.1 Å². The second-order valence-electron chi connectivity index (χ2n) is 3.93. The van der Waals surface area contributed by atoms with Gasteiger partial charge in [-0.1, -0.05) is 30.7 Å². The monoisotopic (exact) mass is 257 g/mol. The topological polar surface area (TPSA) is 26.0 Å². The molecule has 0 fully saturated rings. The zero-order valence-electron chi connectivity index (χ0n) is 9.79. The summed E-state index contributed by atoms with van der Waals surface area (Å²) in [6.07, 6.45) is 3.27. The first-order valence-electron chi connectivity index (χ1n) is 5.80. The van der Waals surface area contributed by atoms with Crippen LogP contribution in [0.4, 0.5) is 0 Å². The van der Waals surface area contributed by atoms with Gasteiger partial charge in [-0.25, -0.2) is 0 Å². The minimum absolute atomic E-state index is 0.277. The number of halogens is 1. The molecule has 0 saturated heterocycles. The molecule has 1 atom stereocenters. The third-order valence-corrected chi connectivity index (χ3v) is 3.72. The Morgan fingerprint density at radius 2 is 2.00 bits per heavy atom. The lowest BCUT2D eigenvalue weighted by atomic mass is 10.0. The highest BCUT2D eigenvalue weighted by atomic mass is 35.5. The fourth-order valence-electron chi connectivity index (χ4n) is 1.62. The Morgan fingerprint density at radius 3 is 2.62 bits per heavy atom. The highest BCUT2D eigenvalue weighted by Crippen LogP contribution is 2.12. The average Bonchev–Trinajstić information content (AvgIpc) is 2.28. The van der Waals surface area contributed by atoms with Gasteiger partial charge in [-0.2, -0.15) is 11.8 Å². The van der Waals surface area contributed by atoms with Crippen molar-refractivity contribution >= 4 is 23.4 Å². The zero-order chi connectivity index (χ0) is 11.8. The van der Waals surface area contributed by atoms with Crippen LogP contribution in [0.1, 0.15) is 25.3 Å². The Bertz CT molecular complexity index is 286. The molecule has 0 radical (unpaired) electrons.